The summed E-state index contributed by atoms with van der Waals surface area (Å²) in [7, 11) is 1.39. The molecule has 1 unspecified atom stereocenters. The molecular formula is C24H26FNO4. The van der Waals surface area contributed by atoms with E-state index in [0.717, 1.165) is 11.6 Å². The molecule has 0 radical (unpaired) electrons. The monoisotopic (exact) mass is 411 g/mol. The van der Waals surface area contributed by atoms with Crippen LogP contribution in [-0.2, 0) is 9.59 Å². The number of halogens is 1. The van der Waals surface area contributed by atoms with Crippen LogP contribution in [0.5, 0.6) is 5.75 Å². The van der Waals surface area contributed by atoms with E-state index in [4.69, 9.17) is 4.74 Å². The largest absolute Gasteiger partial charge is 0.507 e. The van der Waals surface area contributed by atoms with Gasteiger partial charge < -0.3 is 14.7 Å². The van der Waals surface area contributed by atoms with Gasteiger partial charge in [-0.3, -0.25) is 9.59 Å². The van der Waals surface area contributed by atoms with Crippen molar-refractivity contribution in [3.8, 4) is 5.75 Å². The number of benzene rings is 2. The summed E-state index contributed by atoms with van der Waals surface area (Å²) >= 11 is 0. The molecule has 158 valence electrons. The van der Waals surface area contributed by atoms with E-state index >= 15 is 0 Å². The van der Waals surface area contributed by atoms with E-state index < -0.39 is 29.3 Å². The lowest BCUT2D eigenvalue weighted by molar-refractivity contribution is -0.139. The van der Waals surface area contributed by atoms with Gasteiger partial charge in [0.15, 0.2) is 0 Å². The Morgan fingerprint density at radius 1 is 1.17 bits per heavy atom. The van der Waals surface area contributed by atoms with E-state index in [2.05, 4.69) is 13.8 Å². The number of nitrogens with zero attached hydrogens (tertiary/aromatic N) is 1. The lowest BCUT2D eigenvalue weighted by Crippen LogP contribution is -2.30. The van der Waals surface area contributed by atoms with Crippen molar-refractivity contribution in [1.82, 2.24) is 4.90 Å². The van der Waals surface area contributed by atoms with Crippen LogP contribution in [-0.4, -0.2) is 35.4 Å². The molecule has 5 nitrogen and oxygen atoms in total. The van der Waals surface area contributed by atoms with E-state index in [9.17, 15) is 19.1 Å². The quantitative estimate of drug-likeness (QED) is 0.422. The van der Waals surface area contributed by atoms with E-state index in [-0.39, 0.29) is 16.9 Å². The second kappa shape index (κ2) is 8.69. The van der Waals surface area contributed by atoms with Crippen molar-refractivity contribution in [3.63, 3.8) is 0 Å². The van der Waals surface area contributed by atoms with Crippen LogP contribution in [0.25, 0.3) is 5.76 Å². The maximum Gasteiger partial charge on any atom is 0.295 e. The zero-order valence-electron chi connectivity index (χ0n) is 17.6. The van der Waals surface area contributed by atoms with Crippen molar-refractivity contribution in [1.29, 1.82) is 0 Å². The summed E-state index contributed by atoms with van der Waals surface area (Å²) in [5.74, 6) is -1.95. The maximum absolute atomic E-state index is 13.9. The number of ketones is 1. The molecule has 0 aliphatic carbocycles. The molecule has 0 aromatic heterocycles. The van der Waals surface area contributed by atoms with Gasteiger partial charge >= 0.3 is 0 Å². The summed E-state index contributed by atoms with van der Waals surface area (Å²) in [4.78, 5) is 27.1. The zero-order valence-corrected chi connectivity index (χ0v) is 17.6. The van der Waals surface area contributed by atoms with Crippen LogP contribution in [0, 0.1) is 5.82 Å². The molecule has 2 aromatic rings. The normalized spacial score (nSPS) is 18.3. The molecule has 0 saturated carbocycles. The maximum atomic E-state index is 13.9. The van der Waals surface area contributed by atoms with Crippen LogP contribution in [0.1, 0.15) is 55.8 Å². The Labute approximate surface area is 175 Å². The van der Waals surface area contributed by atoms with E-state index in [1.54, 1.807) is 0 Å². The summed E-state index contributed by atoms with van der Waals surface area (Å²) in [5, 5.41) is 11.0. The van der Waals surface area contributed by atoms with Crippen LogP contribution < -0.4 is 4.74 Å². The Morgan fingerprint density at radius 2 is 1.83 bits per heavy atom. The number of aliphatic hydroxyl groups is 1. The number of hydrogen-bond donors (Lipinski definition) is 1. The average molecular weight is 411 g/mol. The predicted molar refractivity (Wildman–Crippen MR) is 113 cm³/mol. The number of carbonyl (C=O) groups excluding carboxylic acids is 2. The molecule has 3 rings (SSSR count). The third-order valence-electron chi connectivity index (χ3n) is 5.34. The van der Waals surface area contributed by atoms with Gasteiger partial charge in [-0.1, -0.05) is 45.0 Å². The highest BCUT2D eigenvalue weighted by Gasteiger charge is 2.45. The van der Waals surface area contributed by atoms with Crippen molar-refractivity contribution >= 4 is 17.4 Å². The Kier molecular flexibility index (Phi) is 6.25. The van der Waals surface area contributed by atoms with Crippen molar-refractivity contribution in [2.45, 2.75) is 39.2 Å². The van der Waals surface area contributed by atoms with Gasteiger partial charge in [0.2, 0.25) is 0 Å². The Morgan fingerprint density at radius 3 is 2.40 bits per heavy atom. The second-order valence-corrected chi connectivity index (χ2v) is 7.66. The van der Waals surface area contributed by atoms with Crippen LogP contribution in [0.4, 0.5) is 4.39 Å². The fourth-order valence-electron chi connectivity index (χ4n) is 3.77. The summed E-state index contributed by atoms with van der Waals surface area (Å²) in [6.45, 7) is 6.43. The lowest BCUT2D eigenvalue weighted by Gasteiger charge is -2.25. The van der Waals surface area contributed by atoms with E-state index in [1.165, 1.54) is 24.1 Å². The molecule has 1 N–H and O–H groups in total. The number of hydrogen-bond acceptors (Lipinski definition) is 4. The minimum Gasteiger partial charge on any atom is -0.507 e. The minimum atomic E-state index is -0.787. The fourth-order valence-corrected chi connectivity index (χ4v) is 3.77. The fraction of sp³-hybridized carbons (Fsp3) is 0.333. The van der Waals surface area contributed by atoms with Crippen LogP contribution in [0.3, 0.4) is 0 Å². The van der Waals surface area contributed by atoms with Gasteiger partial charge in [-0.2, -0.15) is 0 Å². The van der Waals surface area contributed by atoms with E-state index in [1.807, 2.05) is 31.2 Å². The highest BCUT2D eigenvalue weighted by atomic mass is 19.1. The molecule has 6 heteroatoms. The third kappa shape index (κ3) is 3.82. The molecule has 1 atom stereocenters. The number of likely N-dealkylation sites (tertiary alicyclic amines) is 1. The molecule has 1 fully saturated rings. The Bertz CT molecular complexity index is 995. The van der Waals surface area contributed by atoms with Gasteiger partial charge in [0, 0.05) is 6.54 Å². The summed E-state index contributed by atoms with van der Waals surface area (Å²) in [6.07, 6.45) is 0.650. The average Bonchev–Trinajstić information content (AvgIpc) is 2.98. The Hall–Kier alpha value is -3.15. The smallest absolute Gasteiger partial charge is 0.295 e. The number of rotatable bonds is 6. The summed E-state index contributed by atoms with van der Waals surface area (Å²) < 4.78 is 19.1. The first-order valence-electron chi connectivity index (χ1n) is 10.0. The van der Waals surface area contributed by atoms with Crippen LogP contribution in [0.2, 0.25) is 0 Å². The lowest BCUT2D eigenvalue weighted by atomic mass is 9.93. The first kappa shape index (κ1) is 21.6. The van der Waals surface area contributed by atoms with Gasteiger partial charge in [-0.25, -0.2) is 4.39 Å². The molecule has 30 heavy (non-hydrogen) atoms. The van der Waals surface area contributed by atoms with Crippen LogP contribution in [0.15, 0.2) is 48.0 Å². The molecular weight excluding hydrogens is 385 g/mol. The predicted octanol–water partition coefficient (Wildman–Crippen LogP) is 4.79. The van der Waals surface area contributed by atoms with Crippen molar-refractivity contribution in [3.05, 3.63) is 70.5 Å². The number of Topliss-reactive ketones (excluding diaryl/α,β-unsaturated/α-hetero) is 1. The number of ether oxygens (including phenoxy) is 1. The standard InChI is InChI=1S/C24H26FNO4/c1-5-12-26-21(16-8-6-15(7-9-16)14(2)3)20(23(28)24(26)29)22(27)18-13-17(25)10-11-19(18)30-4/h6-11,13-14,21,27H,5,12H2,1-4H3/b22-20+. The number of aliphatic hydroxyl groups excluding tert-OH is 1. The van der Waals surface area contributed by atoms with Gasteiger partial charge in [0.05, 0.1) is 24.3 Å². The van der Waals surface area contributed by atoms with Crippen LogP contribution >= 0.6 is 0 Å². The molecule has 1 amide bonds. The van der Waals surface area contributed by atoms with Gasteiger partial charge in [0.1, 0.15) is 17.3 Å². The van der Waals surface area contributed by atoms with Gasteiger partial charge in [-0.15, -0.1) is 0 Å². The number of methoxy groups -OCH3 is 1. The SMILES string of the molecule is CCCN1C(=O)C(=O)/C(=C(/O)c2cc(F)ccc2OC)C1c1ccc(C(C)C)cc1. The first-order valence-corrected chi connectivity index (χ1v) is 10.0. The summed E-state index contributed by atoms with van der Waals surface area (Å²) in [6, 6.07) is 10.6. The van der Waals surface area contributed by atoms with E-state index in [0.29, 0.717) is 24.4 Å². The molecule has 1 aliphatic rings. The Balaban J connectivity index is 2.21. The topological polar surface area (TPSA) is 66.8 Å². The summed E-state index contributed by atoms with van der Waals surface area (Å²) in [5.41, 5.74) is 1.81. The number of carbonyl (C=O) groups is 2. The third-order valence-corrected chi connectivity index (χ3v) is 5.34. The zero-order chi connectivity index (χ0) is 22.0. The van der Waals surface area contributed by atoms with Gasteiger partial charge in [0.25, 0.3) is 11.7 Å². The molecule has 0 bridgehead atoms. The second-order valence-electron chi connectivity index (χ2n) is 7.66. The van der Waals surface area contributed by atoms with Gasteiger partial charge in [-0.05, 0) is 41.7 Å². The molecule has 1 aliphatic heterocycles. The van der Waals surface area contributed by atoms with Crippen molar-refractivity contribution in [2.75, 3.05) is 13.7 Å². The molecule has 2 aromatic carbocycles. The molecule has 1 heterocycles. The highest BCUT2D eigenvalue weighted by molar-refractivity contribution is 6.46. The first-order chi connectivity index (χ1) is 14.3. The molecule has 1 saturated heterocycles. The van der Waals surface area contributed by atoms with Crippen molar-refractivity contribution in [2.24, 2.45) is 0 Å². The highest BCUT2D eigenvalue weighted by Crippen LogP contribution is 2.41. The molecule has 0 spiro atoms. The number of amides is 1. The minimum absolute atomic E-state index is 0.0378. The van der Waals surface area contributed by atoms with Crippen molar-refractivity contribution < 1.29 is 23.8 Å².